The van der Waals surface area contributed by atoms with E-state index in [1.807, 2.05) is 11.8 Å². The summed E-state index contributed by atoms with van der Waals surface area (Å²) >= 11 is 0. The standard InChI is InChI=1S/C10H22N2O2/c1-4-11(5-2)7-8-12(6-3)9-10(13)14/h4-9H2,1-3H3,(H,13,14). The van der Waals surface area contributed by atoms with E-state index in [9.17, 15) is 4.79 Å². The summed E-state index contributed by atoms with van der Waals surface area (Å²) in [5, 5.41) is 8.64. The number of aliphatic carboxylic acids is 1. The maximum atomic E-state index is 10.5. The van der Waals surface area contributed by atoms with Gasteiger partial charge in [0.1, 0.15) is 0 Å². The van der Waals surface area contributed by atoms with Crippen molar-refractivity contribution in [3.8, 4) is 0 Å². The molecule has 0 aromatic carbocycles. The van der Waals surface area contributed by atoms with Gasteiger partial charge in [0, 0.05) is 13.1 Å². The van der Waals surface area contributed by atoms with Crippen LogP contribution in [0.3, 0.4) is 0 Å². The molecular formula is C10H22N2O2. The molecule has 0 aromatic heterocycles. The molecule has 0 fully saturated rings. The molecular weight excluding hydrogens is 180 g/mol. The van der Waals surface area contributed by atoms with Crippen molar-refractivity contribution < 1.29 is 9.90 Å². The number of hydrogen-bond donors (Lipinski definition) is 1. The first-order valence-electron chi connectivity index (χ1n) is 5.30. The highest BCUT2D eigenvalue weighted by atomic mass is 16.4. The van der Waals surface area contributed by atoms with Crippen molar-refractivity contribution in [3.63, 3.8) is 0 Å². The van der Waals surface area contributed by atoms with E-state index in [0.717, 1.165) is 32.7 Å². The van der Waals surface area contributed by atoms with Crippen molar-refractivity contribution in [2.75, 3.05) is 39.3 Å². The lowest BCUT2D eigenvalue weighted by Crippen LogP contribution is -2.37. The molecule has 0 unspecified atom stereocenters. The van der Waals surface area contributed by atoms with Crippen LogP contribution in [-0.2, 0) is 4.79 Å². The highest BCUT2D eigenvalue weighted by Gasteiger charge is 2.08. The summed E-state index contributed by atoms with van der Waals surface area (Å²) in [6, 6.07) is 0. The van der Waals surface area contributed by atoms with Gasteiger partial charge in [-0.2, -0.15) is 0 Å². The minimum Gasteiger partial charge on any atom is -0.480 e. The maximum absolute atomic E-state index is 10.5. The van der Waals surface area contributed by atoms with E-state index in [-0.39, 0.29) is 6.54 Å². The van der Waals surface area contributed by atoms with Crippen molar-refractivity contribution in [1.29, 1.82) is 0 Å². The second-order valence-electron chi connectivity index (χ2n) is 3.29. The van der Waals surface area contributed by atoms with Gasteiger partial charge in [-0.25, -0.2) is 0 Å². The summed E-state index contributed by atoms with van der Waals surface area (Å²) in [6.07, 6.45) is 0. The summed E-state index contributed by atoms with van der Waals surface area (Å²) in [6.45, 7) is 11.0. The Kier molecular flexibility index (Phi) is 7.42. The lowest BCUT2D eigenvalue weighted by molar-refractivity contribution is -0.138. The summed E-state index contributed by atoms with van der Waals surface area (Å²) in [4.78, 5) is 14.7. The van der Waals surface area contributed by atoms with E-state index in [0.29, 0.717) is 0 Å². The van der Waals surface area contributed by atoms with Crippen molar-refractivity contribution in [2.24, 2.45) is 0 Å². The van der Waals surface area contributed by atoms with Crippen LogP contribution in [0.5, 0.6) is 0 Å². The van der Waals surface area contributed by atoms with Crippen LogP contribution in [0.1, 0.15) is 20.8 Å². The van der Waals surface area contributed by atoms with E-state index in [2.05, 4.69) is 18.7 Å². The average Bonchev–Trinajstić information content (AvgIpc) is 2.17. The maximum Gasteiger partial charge on any atom is 0.317 e. The first-order valence-corrected chi connectivity index (χ1v) is 5.30. The number of carboxylic acid groups (broad SMARTS) is 1. The Morgan fingerprint density at radius 2 is 1.43 bits per heavy atom. The fourth-order valence-electron chi connectivity index (χ4n) is 1.36. The van der Waals surface area contributed by atoms with Gasteiger partial charge in [-0.3, -0.25) is 9.69 Å². The molecule has 0 amide bonds. The van der Waals surface area contributed by atoms with E-state index in [1.165, 1.54) is 0 Å². The van der Waals surface area contributed by atoms with E-state index >= 15 is 0 Å². The second-order valence-corrected chi connectivity index (χ2v) is 3.29. The van der Waals surface area contributed by atoms with Gasteiger partial charge >= 0.3 is 5.97 Å². The van der Waals surface area contributed by atoms with Gasteiger partial charge < -0.3 is 10.0 Å². The van der Waals surface area contributed by atoms with Gasteiger partial charge in [0.15, 0.2) is 0 Å². The number of carboxylic acids is 1. The zero-order valence-electron chi connectivity index (χ0n) is 9.49. The van der Waals surface area contributed by atoms with Crippen LogP contribution in [0.15, 0.2) is 0 Å². The van der Waals surface area contributed by atoms with Gasteiger partial charge in [0.2, 0.25) is 0 Å². The van der Waals surface area contributed by atoms with Gasteiger partial charge in [0.05, 0.1) is 6.54 Å². The highest BCUT2D eigenvalue weighted by Crippen LogP contribution is 1.91. The SMILES string of the molecule is CCN(CC)CCN(CC)CC(=O)O. The summed E-state index contributed by atoms with van der Waals surface area (Å²) in [5.41, 5.74) is 0. The molecule has 0 bridgehead atoms. The van der Waals surface area contributed by atoms with Gasteiger partial charge in [-0.1, -0.05) is 20.8 Å². The smallest absolute Gasteiger partial charge is 0.317 e. The summed E-state index contributed by atoms with van der Waals surface area (Å²) in [5.74, 6) is -0.744. The summed E-state index contributed by atoms with van der Waals surface area (Å²) in [7, 11) is 0. The molecule has 14 heavy (non-hydrogen) atoms. The molecule has 4 nitrogen and oxygen atoms in total. The fraction of sp³-hybridized carbons (Fsp3) is 0.900. The Labute approximate surface area is 86.5 Å². The zero-order valence-corrected chi connectivity index (χ0v) is 9.49. The van der Waals surface area contributed by atoms with Crippen molar-refractivity contribution in [3.05, 3.63) is 0 Å². The number of nitrogens with zero attached hydrogens (tertiary/aromatic N) is 2. The van der Waals surface area contributed by atoms with Gasteiger partial charge in [-0.05, 0) is 19.6 Å². The van der Waals surface area contributed by atoms with Crippen LogP contribution in [-0.4, -0.2) is 60.1 Å². The monoisotopic (exact) mass is 202 g/mol. The number of rotatable bonds is 8. The molecule has 0 radical (unpaired) electrons. The van der Waals surface area contributed by atoms with E-state index in [4.69, 9.17) is 5.11 Å². The predicted octanol–water partition coefficient (Wildman–Crippen LogP) is 0.735. The molecule has 0 atom stereocenters. The lowest BCUT2D eigenvalue weighted by atomic mass is 10.4. The first-order chi connectivity index (χ1) is 6.63. The molecule has 0 spiro atoms. The number of likely N-dealkylation sites (N-methyl/N-ethyl adjacent to an activating group) is 2. The molecule has 0 aromatic rings. The summed E-state index contributed by atoms with van der Waals surface area (Å²) < 4.78 is 0. The molecule has 0 heterocycles. The Bertz CT molecular complexity index is 158. The molecule has 0 saturated heterocycles. The zero-order chi connectivity index (χ0) is 11.0. The van der Waals surface area contributed by atoms with Crippen LogP contribution >= 0.6 is 0 Å². The Morgan fingerprint density at radius 3 is 1.79 bits per heavy atom. The molecule has 4 heteroatoms. The third kappa shape index (κ3) is 5.94. The van der Waals surface area contributed by atoms with Crippen molar-refractivity contribution in [1.82, 2.24) is 9.80 Å². The molecule has 0 aliphatic heterocycles. The molecule has 84 valence electrons. The van der Waals surface area contributed by atoms with Crippen LogP contribution in [0.4, 0.5) is 0 Å². The number of hydrogen-bond acceptors (Lipinski definition) is 3. The van der Waals surface area contributed by atoms with Crippen LogP contribution in [0.25, 0.3) is 0 Å². The Hall–Kier alpha value is -0.610. The fourth-order valence-corrected chi connectivity index (χ4v) is 1.36. The third-order valence-corrected chi connectivity index (χ3v) is 2.43. The number of carbonyl (C=O) groups is 1. The van der Waals surface area contributed by atoms with E-state index in [1.54, 1.807) is 0 Å². The highest BCUT2D eigenvalue weighted by molar-refractivity contribution is 5.69. The molecule has 0 rings (SSSR count). The second kappa shape index (κ2) is 7.76. The van der Waals surface area contributed by atoms with Crippen LogP contribution < -0.4 is 0 Å². The Balaban J connectivity index is 3.76. The molecule has 1 N–H and O–H groups in total. The quantitative estimate of drug-likeness (QED) is 0.630. The van der Waals surface area contributed by atoms with Gasteiger partial charge in [-0.15, -0.1) is 0 Å². The largest absolute Gasteiger partial charge is 0.480 e. The average molecular weight is 202 g/mol. The topological polar surface area (TPSA) is 43.8 Å². The molecule has 0 saturated carbocycles. The lowest BCUT2D eigenvalue weighted by Gasteiger charge is -2.23. The molecule has 0 aliphatic rings. The minimum atomic E-state index is -0.744. The van der Waals surface area contributed by atoms with Crippen LogP contribution in [0.2, 0.25) is 0 Å². The van der Waals surface area contributed by atoms with Gasteiger partial charge in [0.25, 0.3) is 0 Å². The van der Waals surface area contributed by atoms with Crippen molar-refractivity contribution in [2.45, 2.75) is 20.8 Å². The predicted molar refractivity (Wildman–Crippen MR) is 57.5 cm³/mol. The first kappa shape index (κ1) is 13.4. The minimum absolute atomic E-state index is 0.151. The van der Waals surface area contributed by atoms with Crippen molar-refractivity contribution >= 4 is 5.97 Å². The van der Waals surface area contributed by atoms with Crippen LogP contribution in [0, 0.1) is 0 Å². The van der Waals surface area contributed by atoms with E-state index < -0.39 is 5.97 Å². The third-order valence-electron chi connectivity index (χ3n) is 2.43. The molecule has 0 aliphatic carbocycles. The Morgan fingerprint density at radius 1 is 1.00 bits per heavy atom. The normalized spacial score (nSPS) is 11.2.